The summed E-state index contributed by atoms with van der Waals surface area (Å²) in [5.74, 6) is -0.724. The third-order valence-electron chi connectivity index (χ3n) is 3.58. The molecule has 0 aliphatic rings. The third kappa shape index (κ3) is 28.6. The van der Waals surface area contributed by atoms with Gasteiger partial charge in [0, 0.05) is 6.92 Å². The Morgan fingerprint density at radius 3 is 1.00 bits per heavy atom. The zero-order valence-corrected chi connectivity index (χ0v) is 19.9. The molecule has 12 nitrogen and oxygen atoms in total. The van der Waals surface area contributed by atoms with E-state index >= 15 is 0 Å². The molecule has 0 saturated heterocycles. The summed E-state index contributed by atoms with van der Waals surface area (Å²) in [5, 5.41) is 0. The lowest BCUT2D eigenvalue weighted by Gasteiger charge is -2.08. The highest BCUT2D eigenvalue weighted by atomic mass is 16.6. The van der Waals surface area contributed by atoms with Crippen molar-refractivity contribution in [1.29, 1.82) is 0 Å². The number of esters is 2. The Morgan fingerprint density at radius 2 is 0.727 bits per heavy atom. The fraction of sp³-hybridized carbons (Fsp3) is 0.905. The van der Waals surface area contributed by atoms with Crippen LogP contribution < -0.4 is 0 Å². The zero-order valence-electron chi connectivity index (χ0n) is 19.9. The highest BCUT2D eigenvalue weighted by Gasteiger charge is 1.99. The maximum Gasteiger partial charge on any atom is 0.331 e. The van der Waals surface area contributed by atoms with E-state index in [2.05, 4.69) is 4.74 Å². The minimum atomic E-state index is -0.410. The molecule has 0 amide bonds. The Balaban J connectivity index is 3.04. The lowest BCUT2D eigenvalue weighted by Crippen LogP contribution is -2.16. The van der Waals surface area contributed by atoms with Gasteiger partial charge in [0.05, 0.1) is 106 Å². The lowest BCUT2D eigenvalue weighted by molar-refractivity contribution is -0.146. The molecule has 0 unspecified atom stereocenters. The molecule has 196 valence electrons. The number of rotatable bonds is 26. The van der Waals surface area contributed by atoms with Gasteiger partial charge in [-0.25, -0.2) is 4.79 Å². The van der Waals surface area contributed by atoms with Crippen molar-refractivity contribution in [3.05, 3.63) is 0 Å². The molecule has 0 aliphatic heterocycles. The average molecular weight is 485 g/mol. The number of hydrogen-bond acceptors (Lipinski definition) is 12. The average Bonchev–Trinajstić information content (AvgIpc) is 2.80. The first-order valence-corrected chi connectivity index (χ1v) is 11.0. The molecule has 0 saturated carbocycles. The van der Waals surface area contributed by atoms with E-state index in [1.54, 1.807) is 0 Å². The molecule has 0 aromatic carbocycles. The van der Waals surface area contributed by atoms with Crippen molar-refractivity contribution in [1.82, 2.24) is 0 Å². The monoisotopic (exact) mass is 484 g/mol. The van der Waals surface area contributed by atoms with Crippen molar-refractivity contribution in [3.63, 3.8) is 0 Å². The summed E-state index contributed by atoms with van der Waals surface area (Å²) in [6.45, 7) is 8.28. The van der Waals surface area contributed by atoms with Crippen molar-refractivity contribution in [2.45, 2.75) is 6.92 Å². The first-order chi connectivity index (χ1) is 16.2. The van der Waals surface area contributed by atoms with Gasteiger partial charge >= 0.3 is 11.9 Å². The Labute approximate surface area is 195 Å². The molecule has 0 aromatic heterocycles. The second-order valence-corrected chi connectivity index (χ2v) is 6.26. The fourth-order valence-corrected chi connectivity index (χ4v) is 2.00. The van der Waals surface area contributed by atoms with Gasteiger partial charge in [0.15, 0.2) is 0 Å². The molecular formula is C21H40O12. The van der Waals surface area contributed by atoms with Gasteiger partial charge in [-0.15, -0.1) is 0 Å². The van der Waals surface area contributed by atoms with E-state index in [0.29, 0.717) is 99.1 Å². The first kappa shape index (κ1) is 31.6. The zero-order chi connectivity index (χ0) is 24.2. The quantitative estimate of drug-likeness (QED) is 0.120. The van der Waals surface area contributed by atoms with Crippen LogP contribution in [0.5, 0.6) is 0 Å². The first-order valence-electron chi connectivity index (χ1n) is 11.0. The van der Waals surface area contributed by atoms with Crippen LogP contribution in [-0.2, 0) is 57.0 Å². The van der Waals surface area contributed by atoms with Gasteiger partial charge in [0.2, 0.25) is 0 Å². The van der Waals surface area contributed by atoms with Gasteiger partial charge < -0.3 is 47.4 Å². The molecule has 0 rings (SSSR count). The number of hydrogen-bond donors (Lipinski definition) is 0. The van der Waals surface area contributed by atoms with Gasteiger partial charge in [0.25, 0.3) is 0 Å². The molecule has 0 spiro atoms. The summed E-state index contributed by atoms with van der Waals surface area (Å²) in [4.78, 5) is 21.3. The van der Waals surface area contributed by atoms with Crippen LogP contribution in [-0.4, -0.2) is 131 Å². The van der Waals surface area contributed by atoms with E-state index in [1.807, 2.05) is 0 Å². The molecule has 12 heteroatoms. The predicted molar refractivity (Wildman–Crippen MR) is 115 cm³/mol. The summed E-state index contributed by atoms with van der Waals surface area (Å²) in [6.07, 6.45) is 0. The van der Waals surface area contributed by atoms with Crippen molar-refractivity contribution in [2.75, 3.05) is 119 Å². The molecule has 0 bridgehead atoms. The summed E-state index contributed by atoms with van der Waals surface area (Å²) in [5.41, 5.74) is 0. The number of carbonyl (C=O) groups is 2. The molecule has 0 aromatic rings. The molecular weight excluding hydrogens is 444 g/mol. The number of methoxy groups -OCH3 is 1. The highest BCUT2D eigenvalue weighted by Crippen LogP contribution is 1.86. The smallest absolute Gasteiger partial charge is 0.331 e. The molecule has 0 atom stereocenters. The summed E-state index contributed by atoms with van der Waals surface area (Å²) in [7, 11) is 1.31. The van der Waals surface area contributed by atoms with E-state index in [4.69, 9.17) is 42.6 Å². The van der Waals surface area contributed by atoms with Crippen molar-refractivity contribution >= 4 is 11.9 Å². The minimum Gasteiger partial charge on any atom is -0.467 e. The van der Waals surface area contributed by atoms with Crippen LogP contribution in [0.3, 0.4) is 0 Å². The predicted octanol–water partition coefficient (Wildman–Crippen LogP) is -0.145. The van der Waals surface area contributed by atoms with Crippen LogP contribution in [0.4, 0.5) is 0 Å². The van der Waals surface area contributed by atoms with Gasteiger partial charge in [-0.1, -0.05) is 0 Å². The summed E-state index contributed by atoms with van der Waals surface area (Å²) >= 11 is 0. The largest absolute Gasteiger partial charge is 0.467 e. The van der Waals surface area contributed by atoms with Gasteiger partial charge in [-0.2, -0.15) is 0 Å². The Bertz CT molecular complexity index is 435. The maximum absolute atomic E-state index is 10.8. The van der Waals surface area contributed by atoms with Crippen molar-refractivity contribution in [3.8, 4) is 0 Å². The molecule has 0 aliphatic carbocycles. The van der Waals surface area contributed by atoms with Crippen LogP contribution >= 0.6 is 0 Å². The van der Waals surface area contributed by atoms with Crippen LogP contribution in [0, 0.1) is 0 Å². The molecule has 0 N–H and O–H groups in total. The number of ether oxygens (including phenoxy) is 10. The van der Waals surface area contributed by atoms with Gasteiger partial charge in [-0.05, 0) is 0 Å². The lowest BCUT2D eigenvalue weighted by atomic mass is 10.6. The fourth-order valence-electron chi connectivity index (χ4n) is 2.00. The van der Waals surface area contributed by atoms with E-state index in [0.717, 1.165) is 0 Å². The Morgan fingerprint density at radius 1 is 0.455 bits per heavy atom. The maximum atomic E-state index is 10.8. The number of carbonyl (C=O) groups excluding carboxylic acids is 2. The normalized spacial score (nSPS) is 11.0. The second kappa shape index (κ2) is 26.9. The Kier molecular flexibility index (Phi) is 25.7. The van der Waals surface area contributed by atoms with Crippen LogP contribution in [0.15, 0.2) is 0 Å². The molecule has 0 heterocycles. The summed E-state index contributed by atoms with van der Waals surface area (Å²) in [6, 6.07) is 0. The highest BCUT2D eigenvalue weighted by molar-refractivity contribution is 5.70. The van der Waals surface area contributed by atoms with Crippen LogP contribution in [0.25, 0.3) is 0 Å². The van der Waals surface area contributed by atoms with Gasteiger partial charge in [-0.3, -0.25) is 4.79 Å². The van der Waals surface area contributed by atoms with E-state index < -0.39 is 5.97 Å². The third-order valence-corrected chi connectivity index (χ3v) is 3.58. The van der Waals surface area contributed by atoms with E-state index in [1.165, 1.54) is 14.0 Å². The standard InChI is InChI=1S/C21H40O12/c1-20(22)33-18-17-31-14-13-29-10-9-27-6-5-25-3-4-26-7-8-28-11-12-30-15-16-32-19-21(23)24-2/h3-19H2,1-2H3. The second-order valence-electron chi connectivity index (χ2n) is 6.26. The van der Waals surface area contributed by atoms with E-state index in [9.17, 15) is 9.59 Å². The SMILES string of the molecule is COC(=O)COCCOCCOCCOCCOCCOCCOCCOCCOC(C)=O. The molecule has 0 fully saturated rings. The van der Waals surface area contributed by atoms with Crippen molar-refractivity contribution < 1.29 is 57.0 Å². The topological polar surface area (TPSA) is 126 Å². The molecule has 0 radical (unpaired) electrons. The van der Waals surface area contributed by atoms with Crippen LogP contribution in [0.1, 0.15) is 6.92 Å². The summed E-state index contributed by atoms with van der Waals surface area (Å²) < 4.78 is 51.6. The Hall–Kier alpha value is -1.38. The van der Waals surface area contributed by atoms with Gasteiger partial charge in [0.1, 0.15) is 13.2 Å². The minimum absolute atomic E-state index is 0.0708. The van der Waals surface area contributed by atoms with Crippen molar-refractivity contribution in [2.24, 2.45) is 0 Å². The van der Waals surface area contributed by atoms with Crippen LogP contribution in [0.2, 0.25) is 0 Å². The molecule has 33 heavy (non-hydrogen) atoms. The van der Waals surface area contributed by atoms with E-state index in [-0.39, 0.29) is 19.2 Å².